The molecule has 1 fully saturated rings. The molecule has 0 unspecified atom stereocenters. The lowest BCUT2D eigenvalue weighted by Gasteiger charge is -2.21. The topological polar surface area (TPSA) is 84.2 Å². The SMILES string of the molecule is CCCNc1ncc([N+](=O)[O-])c(N(CC)C2CC2)n1. The smallest absolute Gasteiger partial charge is 0.329 e. The summed E-state index contributed by atoms with van der Waals surface area (Å²) in [6.07, 6.45) is 4.40. The molecule has 0 aliphatic heterocycles. The molecular formula is C12H19N5O2. The van der Waals surface area contributed by atoms with Crippen molar-refractivity contribution in [2.24, 2.45) is 0 Å². The number of rotatable bonds is 7. The Kier molecular flexibility index (Phi) is 4.13. The predicted octanol–water partition coefficient (Wildman–Crippen LogP) is 2.20. The highest BCUT2D eigenvalue weighted by Crippen LogP contribution is 2.35. The third kappa shape index (κ3) is 3.10. The van der Waals surface area contributed by atoms with E-state index in [2.05, 4.69) is 15.3 Å². The zero-order valence-electron chi connectivity index (χ0n) is 11.3. The molecule has 0 aromatic carbocycles. The maximum absolute atomic E-state index is 11.1. The van der Waals surface area contributed by atoms with Crippen molar-refractivity contribution in [3.05, 3.63) is 16.3 Å². The van der Waals surface area contributed by atoms with Gasteiger partial charge in [0.15, 0.2) is 0 Å². The predicted molar refractivity (Wildman–Crippen MR) is 73.5 cm³/mol. The molecule has 1 N–H and O–H groups in total. The van der Waals surface area contributed by atoms with E-state index in [0.717, 1.165) is 32.4 Å². The monoisotopic (exact) mass is 265 g/mol. The van der Waals surface area contributed by atoms with E-state index in [1.807, 2.05) is 18.7 Å². The van der Waals surface area contributed by atoms with Crippen LogP contribution < -0.4 is 10.2 Å². The van der Waals surface area contributed by atoms with Gasteiger partial charge >= 0.3 is 5.69 Å². The summed E-state index contributed by atoms with van der Waals surface area (Å²) >= 11 is 0. The summed E-state index contributed by atoms with van der Waals surface area (Å²) in [6.45, 7) is 5.51. The van der Waals surface area contributed by atoms with Gasteiger partial charge in [0.25, 0.3) is 0 Å². The van der Waals surface area contributed by atoms with Gasteiger partial charge in [-0.3, -0.25) is 10.1 Å². The second-order valence-electron chi connectivity index (χ2n) is 4.60. The van der Waals surface area contributed by atoms with Crippen LogP contribution in [0.5, 0.6) is 0 Å². The Balaban J connectivity index is 2.31. The Morgan fingerprint density at radius 3 is 2.79 bits per heavy atom. The van der Waals surface area contributed by atoms with Gasteiger partial charge in [-0.25, -0.2) is 4.98 Å². The van der Waals surface area contributed by atoms with Gasteiger partial charge in [-0.05, 0) is 26.2 Å². The van der Waals surface area contributed by atoms with Crippen LogP contribution in [0.2, 0.25) is 0 Å². The van der Waals surface area contributed by atoms with Crippen molar-refractivity contribution in [2.75, 3.05) is 23.3 Å². The minimum Gasteiger partial charge on any atom is -0.354 e. The number of anilines is 2. The summed E-state index contributed by atoms with van der Waals surface area (Å²) in [5.74, 6) is 0.894. The molecule has 0 radical (unpaired) electrons. The van der Waals surface area contributed by atoms with E-state index < -0.39 is 4.92 Å². The number of nitro groups is 1. The van der Waals surface area contributed by atoms with Crippen LogP contribution in [0.15, 0.2) is 6.20 Å². The van der Waals surface area contributed by atoms with Crippen molar-refractivity contribution in [3.8, 4) is 0 Å². The van der Waals surface area contributed by atoms with Gasteiger partial charge in [-0.15, -0.1) is 0 Å². The molecule has 0 atom stereocenters. The van der Waals surface area contributed by atoms with Crippen LogP contribution in [0.3, 0.4) is 0 Å². The summed E-state index contributed by atoms with van der Waals surface area (Å²) < 4.78 is 0. The molecule has 0 saturated heterocycles. The van der Waals surface area contributed by atoms with Gasteiger partial charge in [-0.2, -0.15) is 4.98 Å². The van der Waals surface area contributed by atoms with E-state index in [1.165, 1.54) is 6.20 Å². The number of nitrogens with one attached hydrogen (secondary N) is 1. The third-order valence-corrected chi connectivity index (χ3v) is 3.08. The molecule has 19 heavy (non-hydrogen) atoms. The van der Waals surface area contributed by atoms with Gasteiger partial charge in [0.1, 0.15) is 6.20 Å². The highest BCUT2D eigenvalue weighted by atomic mass is 16.6. The maximum atomic E-state index is 11.1. The van der Waals surface area contributed by atoms with Crippen molar-refractivity contribution in [1.29, 1.82) is 0 Å². The molecule has 1 aromatic rings. The molecule has 0 spiro atoms. The van der Waals surface area contributed by atoms with Crippen molar-refractivity contribution in [2.45, 2.75) is 39.2 Å². The van der Waals surface area contributed by atoms with Crippen molar-refractivity contribution in [3.63, 3.8) is 0 Å². The van der Waals surface area contributed by atoms with Crippen LogP contribution in [0.1, 0.15) is 33.1 Å². The lowest BCUT2D eigenvalue weighted by Crippen LogP contribution is -2.27. The molecule has 1 heterocycles. The number of hydrogen-bond donors (Lipinski definition) is 1. The van der Waals surface area contributed by atoms with Crippen LogP contribution in [0, 0.1) is 10.1 Å². The van der Waals surface area contributed by atoms with E-state index in [-0.39, 0.29) is 5.69 Å². The summed E-state index contributed by atoms with van der Waals surface area (Å²) in [4.78, 5) is 21.0. The molecule has 104 valence electrons. The standard InChI is InChI=1S/C12H19N5O2/c1-3-7-13-12-14-8-10(17(18)19)11(15-12)16(4-2)9-5-6-9/h8-9H,3-7H2,1-2H3,(H,13,14,15). The number of hydrogen-bond acceptors (Lipinski definition) is 6. The van der Waals surface area contributed by atoms with Crippen molar-refractivity contribution >= 4 is 17.5 Å². The third-order valence-electron chi connectivity index (χ3n) is 3.08. The molecule has 1 aliphatic carbocycles. The van der Waals surface area contributed by atoms with Gasteiger partial charge in [0.05, 0.1) is 4.92 Å². The van der Waals surface area contributed by atoms with E-state index in [1.54, 1.807) is 0 Å². The Morgan fingerprint density at radius 2 is 2.26 bits per heavy atom. The summed E-state index contributed by atoms with van der Waals surface area (Å²) in [6, 6.07) is 0.387. The molecule has 0 bridgehead atoms. The van der Waals surface area contributed by atoms with Crippen LogP contribution in [0.25, 0.3) is 0 Å². The molecule has 0 amide bonds. The lowest BCUT2D eigenvalue weighted by molar-refractivity contribution is -0.384. The maximum Gasteiger partial charge on any atom is 0.329 e. The van der Waals surface area contributed by atoms with Gasteiger partial charge in [0, 0.05) is 19.1 Å². The van der Waals surface area contributed by atoms with Gasteiger partial charge < -0.3 is 10.2 Å². The molecule has 1 saturated carbocycles. The number of aromatic nitrogens is 2. The molecule has 1 aliphatic rings. The van der Waals surface area contributed by atoms with Crippen LogP contribution in [-0.4, -0.2) is 34.0 Å². The fraction of sp³-hybridized carbons (Fsp3) is 0.667. The second kappa shape index (κ2) is 5.81. The molecule has 7 heteroatoms. The Hall–Kier alpha value is -1.92. The lowest BCUT2D eigenvalue weighted by atomic mass is 10.4. The zero-order valence-corrected chi connectivity index (χ0v) is 11.3. The first-order valence-electron chi connectivity index (χ1n) is 6.69. The summed E-state index contributed by atoms with van der Waals surface area (Å²) in [7, 11) is 0. The summed E-state index contributed by atoms with van der Waals surface area (Å²) in [5, 5.41) is 14.2. The van der Waals surface area contributed by atoms with E-state index in [0.29, 0.717) is 17.8 Å². The fourth-order valence-corrected chi connectivity index (χ4v) is 2.00. The van der Waals surface area contributed by atoms with Crippen LogP contribution in [0.4, 0.5) is 17.5 Å². The van der Waals surface area contributed by atoms with Gasteiger partial charge in [-0.1, -0.05) is 6.92 Å². The average molecular weight is 265 g/mol. The minimum atomic E-state index is -0.413. The minimum absolute atomic E-state index is 0.0178. The van der Waals surface area contributed by atoms with Crippen LogP contribution in [-0.2, 0) is 0 Å². The highest BCUT2D eigenvalue weighted by molar-refractivity contribution is 5.60. The molecular weight excluding hydrogens is 246 g/mol. The molecule has 2 rings (SSSR count). The highest BCUT2D eigenvalue weighted by Gasteiger charge is 2.33. The Bertz CT molecular complexity index is 461. The summed E-state index contributed by atoms with van der Waals surface area (Å²) in [5.41, 5.74) is -0.0178. The van der Waals surface area contributed by atoms with Crippen molar-refractivity contribution < 1.29 is 4.92 Å². The molecule has 7 nitrogen and oxygen atoms in total. The molecule has 1 aromatic heterocycles. The Labute approximate surface area is 112 Å². The first-order valence-corrected chi connectivity index (χ1v) is 6.69. The zero-order chi connectivity index (χ0) is 13.8. The average Bonchev–Trinajstić information content (AvgIpc) is 3.22. The Morgan fingerprint density at radius 1 is 1.53 bits per heavy atom. The van der Waals surface area contributed by atoms with E-state index in [9.17, 15) is 10.1 Å². The second-order valence-corrected chi connectivity index (χ2v) is 4.60. The van der Waals surface area contributed by atoms with Crippen molar-refractivity contribution in [1.82, 2.24) is 9.97 Å². The quantitative estimate of drug-likeness (QED) is 0.601. The number of nitrogens with zero attached hydrogens (tertiary/aromatic N) is 4. The first kappa shape index (κ1) is 13.5. The largest absolute Gasteiger partial charge is 0.354 e. The van der Waals surface area contributed by atoms with E-state index >= 15 is 0 Å². The normalized spacial score (nSPS) is 14.2. The van der Waals surface area contributed by atoms with E-state index in [4.69, 9.17) is 0 Å². The first-order chi connectivity index (χ1) is 9.17. The van der Waals surface area contributed by atoms with Gasteiger partial charge in [0.2, 0.25) is 11.8 Å². The van der Waals surface area contributed by atoms with Crippen LogP contribution >= 0.6 is 0 Å². The fourth-order valence-electron chi connectivity index (χ4n) is 2.00.